The third-order valence-corrected chi connectivity index (χ3v) is 7.76. The molecular formula is C28H27N8O3+. The molecule has 0 aliphatic carbocycles. The van der Waals surface area contributed by atoms with Crippen molar-refractivity contribution in [1.29, 1.82) is 5.26 Å². The Balaban J connectivity index is 1.32. The Morgan fingerprint density at radius 1 is 1.26 bits per heavy atom. The molecule has 3 atom stereocenters. The molecule has 0 bridgehead atoms. The van der Waals surface area contributed by atoms with Crippen molar-refractivity contribution in [2.24, 2.45) is 21.7 Å². The summed E-state index contributed by atoms with van der Waals surface area (Å²) >= 11 is 0. The number of nitriles is 1. The van der Waals surface area contributed by atoms with E-state index in [1.165, 1.54) is 19.4 Å². The van der Waals surface area contributed by atoms with Gasteiger partial charge in [0.25, 0.3) is 11.7 Å². The number of fused-ring (bicyclic) bond motifs is 2. The van der Waals surface area contributed by atoms with Crippen molar-refractivity contribution in [3.8, 4) is 11.8 Å². The van der Waals surface area contributed by atoms with Gasteiger partial charge in [0.15, 0.2) is 0 Å². The Hall–Kier alpha value is -4.66. The van der Waals surface area contributed by atoms with Crippen LogP contribution in [0.3, 0.4) is 0 Å². The zero-order valence-corrected chi connectivity index (χ0v) is 21.4. The van der Waals surface area contributed by atoms with Gasteiger partial charge in [-0.1, -0.05) is 0 Å². The van der Waals surface area contributed by atoms with Gasteiger partial charge < -0.3 is 15.0 Å². The molecule has 1 aromatic carbocycles. The lowest BCUT2D eigenvalue weighted by molar-refractivity contribution is -0.750. The first-order chi connectivity index (χ1) is 18.9. The van der Waals surface area contributed by atoms with Gasteiger partial charge in [-0.25, -0.2) is 4.98 Å². The van der Waals surface area contributed by atoms with Crippen LogP contribution in [0.5, 0.6) is 5.75 Å². The molecule has 39 heavy (non-hydrogen) atoms. The first kappa shape index (κ1) is 24.7. The fourth-order valence-electron chi connectivity index (χ4n) is 5.75. The molecular weight excluding hydrogens is 496 g/mol. The van der Waals surface area contributed by atoms with E-state index in [0.29, 0.717) is 47.3 Å². The average Bonchev–Trinajstić information content (AvgIpc) is 3.49. The highest BCUT2D eigenvalue weighted by molar-refractivity contribution is 6.07. The second-order valence-electron chi connectivity index (χ2n) is 9.98. The summed E-state index contributed by atoms with van der Waals surface area (Å²) in [4.78, 5) is 40.9. The predicted molar refractivity (Wildman–Crippen MR) is 143 cm³/mol. The summed E-state index contributed by atoms with van der Waals surface area (Å²) in [5.74, 6) is 8.04. The van der Waals surface area contributed by atoms with Crippen LogP contribution in [0.4, 0.5) is 5.82 Å². The van der Waals surface area contributed by atoms with E-state index in [2.05, 4.69) is 15.3 Å². The molecule has 1 unspecified atom stereocenters. The third kappa shape index (κ3) is 4.20. The molecule has 4 aliphatic rings. The van der Waals surface area contributed by atoms with Crippen LogP contribution in [0, 0.1) is 17.2 Å². The van der Waals surface area contributed by atoms with Gasteiger partial charge in [0, 0.05) is 36.7 Å². The second kappa shape index (κ2) is 9.58. The normalized spacial score (nSPS) is 25.2. The zero-order chi connectivity index (χ0) is 27.1. The van der Waals surface area contributed by atoms with E-state index in [1.54, 1.807) is 42.9 Å². The summed E-state index contributed by atoms with van der Waals surface area (Å²) < 4.78 is 5.52. The maximum Gasteiger partial charge on any atom is 0.268 e. The van der Waals surface area contributed by atoms with E-state index in [-0.39, 0.29) is 22.2 Å². The number of methoxy groups -OCH3 is 1. The number of hydrogen-bond acceptors (Lipinski definition) is 8. The van der Waals surface area contributed by atoms with Crippen LogP contribution in [-0.4, -0.2) is 58.0 Å². The summed E-state index contributed by atoms with van der Waals surface area (Å²) in [6, 6.07) is 10.5. The van der Waals surface area contributed by atoms with Gasteiger partial charge in [-0.2, -0.15) is 16.1 Å². The topological polar surface area (TPSA) is 146 Å². The van der Waals surface area contributed by atoms with Crippen molar-refractivity contribution < 1.29 is 18.9 Å². The largest absolute Gasteiger partial charge is 0.496 e. The van der Waals surface area contributed by atoms with Crippen LogP contribution in [0.15, 0.2) is 70.3 Å². The number of amidine groups is 1. The van der Waals surface area contributed by atoms with Crippen LogP contribution in [0.1, 0.15) is 47.2 Å². The van der Waals surface area contributed by atoms with Crippen molar-refractivity contribution in [2.75, 3.05) is 19.0 Å². The van der Waals surface area contributed by atoms with Crippen LogP contribution in [0.2, 0.25) is 0 Å². The number of amides is 2. The minimum Gasteiger partial charge on any atom is -0.496 e. The molecule has 2 aromatic rings. The molecule has 0 spiro atoms. The van der Waals surface area contributed by atoms with Crippen LogP contribution >= 0.6 is 0 Å². The van der Waals surface area contributed by atoms with E-state index in [9.17, 15) is 9.59 Å². The van der Waals surface area contributed by atoms with E-state index < -0.39 is 5.91 Å². The smallest absolute Gasteiger partial charge is 0.268 e. The van der Waals surface area contributed by atoms with E-state index in [0.717, 1.165) is 30.7 Å². The number of hydrogen-bond donors (Lipinski definition) is 2. The van der Waals surface area contributed by atoms with Gasteiger partial charge >= 0.3 is 0 Å². The Morgan fingerprint density at radius 2 is 2.13 bits per heavy atom. The first-order valence-corrected chi connectivity index (χ1v) is 12.8. The van der Waals surface area contributed by atoms with Crippen LogP contribution in [-0.2, 0) is 4.79 Å². The highest BCUT2D eigenvalue weighted by Crippen LogP contribution is 2.41. The number of anilines is 1. The fraction of sp³-hybridized carbons (Fsp3) is 0.286. The molecule has 5 heterocycles. The highest BCUT2D eigenvalue weighted by Gasteiger charge is 2.48. The number of aromatic nitrogens is 1. The van der Waals surface area contributed by atoms with Gasteiger partial charge in [-0.05, 0) is 49.6 Å². The first-order valence-electron chi connectivity index (χ1n) is 12.8. The number of carbonyl (C=O) groups is 2. The number of carbonyl (C=O) groups excluding carboxylic acids is 2. The number of nitrogens with zero attached hydrogens (tertiary/aromatic N) is 6. The number of quaternary nitrogens is 1. The lowest BCUT2D eigenvalue weighted by atomic mass is 9.90. The fourth-order valence-corrected chi connectivity index (χ4v) is 5.75. The lowest BCUT2D eigenvalue weighted by Crippen LogP contribution is -2.53. The quantitative estimate of drug-likeness (QED) is 0.455. The van der Waals surface area contributed by atoms with Gasteiger partial charge in [-0.3, -0.25) is 14.6 Å². The average molecular weight is 524 g/mol. The highest BCUT2D eigenvalue weighted by atomic mass is 16.5. The van der Waals surface area contributed by atoms with Gasteiger partial charge in [0.1, 0.15) is 29.0 Å². The Kier molecular flexibility index (Phi) is 6.06. The molecule has 2 amide bonds. The van der Waals surface area contributed by atoms with Crippen molar-refractivity contribution in [3.05, 3.63) is 77.0 Å². The van der Waals surface area contributed by atoms with Gasteiger partial charge in [0.05, 0.1) is 31.2 Å². The monoisotopic (exact) mass is 523 g/mol. The van der Waals surface area contributed by atoms with E-state index in [4.69, 9.17) is 20.8 Å². The zero-order valence-electron chi connectivity index (χ0n) is 21.4. The SMILES string of the molecule is COc1cc(C(=O)Nc2cc(C#N)ccn2)ccc1C1=NC([C@@H]2CC[C@H]3CCC(=O)N3C2)=C2C=NC=C[N+]12N. The van der Waals surface area contributed by atoms with E-state index >= 15 is 0 Å². The van der Waals surface area contributed by atoms with Crippen molar-refractivity contribution >= 4 is 29.7 Å². The number of pyridine rings is 1. The van der Waals surface area contributed by atoms with Crippen molar-refractivity contribution in [2.45, 2.75) is 31.7 Å². The molecule has 11 nitrogen and oxygen atoms in total. The Morgan fingerprint density at radius 3 is 2.95 bits per heavy atom. The molecule has 4 aliphatic heterocycles. The maximum atomic E-state index is 13.0. The number of benzene rings is 1. The number of aliphatic imine (C=N–C) groups is 2. The molecule has 11 heteroatoms. The van der Waals surface area contributed by atoms with Gasteiger partial charge in [-0.15, -0.1) is 4.59 Å². The second-order valence-corrected chi connectivity index (χ2v) is 9.98. The third-order valence-electron chi connectivity index (χ3n) is 7.76. The number of allylic oxidation sites excluding steroid dienone is 1. The molecule has 196 valence electrons. The molecule has 0 saturated carbocycles. The molecule has 0 radical (unpaired) electrons. The van der Waals surface area contributed by atoms with Gasteiger partial charge in [0.2, 0.25) is 11.6 Å². The summed E-state index contributed by atoms with van der Waals surface area (Å²) in [6.07, 6.45) is 9.99. The Bertz CT molecular complexity index is 1550. The number of piperidine rings is 1. The minimum atomic E-state index is -0.399. The van der Waals surface area contributed by atoms with Crippen molar-refractivity contribution in [1.82, 2.24) is 9.88 Å². The standard InChI is InChI=1S/C28H26N8O3/c1-39-23-13-18(28(38)33-24-12-17(14-29)8-9-32-24)3-6-21(23)27-34-26(22-15-31-10-11-36(22,27)30)19-2-4-20-5-7-25(37)35(20)16-19/h3,6,8-13,15,19-20H,2,4-5,7,16,30H2,1H3/p+1/t19-,20+,36?/m1/s1. The maximum absolute atomic E-state index is 13.0. The summed E-state index contributed by atoms with van der Waals surface area (Å²) in [7, 11) is 1.53. The summed E-state index contributed by atoms with van der Waals surface area (Å²) in [6.45, 7) is 0.619. The minimum absolute atomic E-state index is 0.0440. The number of nitrogens with one attached hydrogen (secondary N) is 1. The summed E-state index contributed by atoms with van der Waals surface area (Å²) in [5.41, 5.74) is 2.96. The van der Waals surface area contributed by atoms with Crippen molar-refractivity contribution in [3.63, 3.8) is 0 Å². The van der Waals surface area contributed by atoms with E-state index in [1.807, 2.05) is 11.0 Å². The molecule has 6 rings (SSSR count). The number of nitrogens with two attached hydrogens (primary N) is 1. The molecule has 1 aromatic heterocycles. The molecule has 2 saturated heterocycles. The Labute approximate surface area is 225 Å². The lowest BCUT2D eigenvalue weighted by Gasteiger charge is -2.35. The van der Waals surface area contributed by atoms with Crippen LogP contribution < -0.4 is 15.9 Å². The molecule has 2 fully saturated rings. The summed E-state index contributed by atoms with van der Waals surface area (Å²) in [5, 5.41) is 11.8. The molecule has 3 N–H and O–H groups in total. The van der Waals surface area contributed by atoms with Crippen LogP contribution in [0.25, 0.3) is 0 Å². The predicted octanol–water partition coefficient (Wildman–Crippen LogP) is 2.83. The number of ether oxygens (including phenoxy) is 1. The number of rotatable bonds is 5.